The first-order valence-electron chi connectivity index (χ1n) is 6.04. The van der Waals surface area contributed by atoms with Crippen molar-refractivity contribution >= 4 is 5.78 Å². The van der Waals surface area contributed by atoms with E-state index in [4.69, 9.17) is 9.47 Å². The number of hydrogen-bond donors (Lipinski definition) is 0. The second kappa shape index (κ2) is 3.49. The van der Waals surface area contributed by atoms with E-state index in [2.05, 4.69) is 6.92 Å². The molecule has 0 N–H and O–H groups in total. The van der Waals surface area contributed by atoms with Gasteiger partial charge in [0.2, 0.25) is 0 Å². The van der Waals surface area contributed by atoms with Crippen LogP contribution in [0.1, 0.15) is 34.0 Å². The molecule has 0 saturated carbocycles. The molecule has 0 fully saturated rings. The van der Waals surface area contributed by atoms with Crippen molar-refractivity contribution in [3.8, 4) is 11.5 Å². The van der Waals surface area contributed by atoms with Crippen molar-refractivity contribution in [2.75, 3.05) is 13.7 Å². The quantitative estimate of drug-likeness (QED) is 0.745. The number of carbonyl (C=O) groups excluding carboxylic acids is 1. The fourth-order valence-electron chi connectivity index (χ4n) is 3.03. The maximum Gasteiger partial charge on any atom is 0.170 e. The summed E-state index contributed by atoms with van der Waals surface area (Å²) >= 11 is 0. The number of hydrogen-bond acceptors (Lipinski definition) is 3. The molecule has 3 rings (SSSR count). The number of fused-ring (bicyclic) bond motifs is 3. The summed E-state index contributed by atoms with van der Waals surface area (Å²) in [6.07, 6.45) is 1.65. The van der Waals surface area contributed by atoms with Crippen molar-refractivity contribution in [2.24, 2.45) is 5.92 Å². The van der Waals surface area contributed by atoms with Crippen LogP contribution in [0.25, 0.3) is 0 Å². The van der Waals surface area contributed by atoms with Crippen molar-refractivity contribution in [1.29, 1.82) is 0 Å². The molecule has 0 spiro atoms. The van der Waals surface area contributed by atoms with Gasteiger partial charge in [-0.25, -0.2) is 0 Å². The molecule has 1 atom stereocenters. The highest BCUT2D eigenvalue weighted by atomic mass is 16.5. The van der Waals surface area contributed by atoms with Gasteiger partial charge < -0.3 is 9.47 Å². The van der Waals surface area contributed by atoms with E-state index in [1.807, 2.05) is 6.92 Å². The lowest BCUT2D eigenvalue weighted by Crippen LogP contribution is -2.05. The summed E-state index contributed by atoms with van der Waals surface area (Å²) in [5.41, 5.74) is 4.12. The van der Waals surface area contributed by atoms with Gasteiger partial charge in [0.1, 0.15) is 11.5 Å². The predicted octanol–water partition coefficient (Wildman–Crippen LogP) is 2.31. The minimum Gasteiger partial charge on any atom is -0.496 e. The lowest BCUT2D eigenvalue weighted by atomic mass is 9.97. The van der Waals surface area contributed by atoms with Crippen LogP contribution in [0.15, 0.2) is 0 Å². The highest BCUT2D eigenvalue weighted by Gasteiger charge is 2.37. The van der Waals surface area contributed by atoms with Crippen molar-refractivity contribution in [1.82, 2.24) is 0 Å². The van der Waals surface area contributed by atoms with Crippen LogP contribution in [0.4, 0.5) is 0 Å². The third-order valence-electron chi connectivity index (χ3n) is 3.88. The molecule has 0 radical (unpaired) electrons. The largest absolute Gasteiger partial charge is 0.496 e. The minimum atomic E-state index is 0.0500. The Morgan fingerprint density at radius 2 is 2.12 bits per heavy atom. The van der Waals surface area contributed by atoms with Crippen molar-refractivity contribution in [3.05, 3.63) is 22.3 Å². The average Bonchev–Trinajstić information content (AvgIpc) is 2.87. The summed E-state index contributed by atoms with van der Waals surface area (Å²) in [4.78, 5) is 12.2. The molecular formula is C14H16O3. The summed E-state index contributed by atoms with van der Waals surface area (Å²) in [5, 5.41) is 0. The van der Waals surface area contributed by atoms with Crippen LogP contribution in [-0.4, -0.2) is 19.5 Å². The van der Waals surface area contributed by atoms with Gasteiger partial charge in [-0.3, -0.25) is 4.79 Å². The van der Waals surface area contributed by atoms with E-state index in [-0.39, 0.29) is 11.7 Å². The SMILES string of the molecule is COc1c(C)c2c(c3c1CC(C)C3=O)OCC2. The summed E-state index contributed by atoms with van der Waals surface area (Å²) in [5.74, 6) is 1.97. The standard InChI is InChI=1S/C14H16O3/c1-7-6-10-11(12(7)15)14-9(4-5-17-14)8(2)13(10)16-3/h7H,4-6H2,1-3H3. The molecule has 0 bridgehead atoms. The summed E-state index contributed by atoms with van der Waals surface area (Å²) < 4.78 is 11.2. The van der Waals surface area contributed by atoms with Crippen LogP contribution < -0.4 is 9.47 Å². The smallest absolute Gasteiger partial charge is 0.170 e. The van der Waals surface area contributed by atoms with Crippen LogP contribution in [0.3, 0.4) is 0 Å². The molecule has 3 nitrogen and oxygen atoms in total. The van der Waals surface area contributed by atoms with Crippen LogP contribution in [0, 0.1) is 12.8 Å². The normalized spacial score (nSPS) is 21.1. The van der Waals surface area contributed by atoms with Crippen LogP contribution in [-0.2, 0) is 12.8 Å². The molecule has 1 aliphatic carbocycles. The maximum atomic E-state index is 12.2. The molecule has 17 heavy (non-hydrogen) atoms. The molecular weight excluding hydrogens is 216 g/mol. The molecule has 1 heterocycles. The van der Waals surface area contributed by atoms with E-state index in [1.54, 1.807) is 7.11 Å². The second-order valence-electron chi connectivity index (χ2n) is 4.89. The first-order valence-corrected chi connectivity index (χ1v) is 6.04. The highest BCUT2D eigenvalue weighted by molar-refractivity contribution is 6.06. The molecule has 0 aromatic heterocycles. The average molecular weight is 232 g/mol. The van der Waals surface area contributed by atoms with Crippen LogP contribution in [0.2, 0.25) is 0 Å². The third kappa shape index (κ3) is 1.25. The first-order chi connectivity index (χ1) is 8.15. The van der Waals surface area contributed by atoms with E-state index in [1.165, 1.54) is 0 Å². The monoisotopic (exact) mass is 232 g/mol. The maximum absolute atomic E-state index is 12.2. The Hall–Kier alpha value is -1.51. The Balaban J connectivity index is 2.34. The molecule has 1 aromatic rings. The number of methoxy groups -OCH3 is 1. The number of ether oxygens (including phenoxy) is 2. The van der Waals surface area contributed by atoms with E-state index in [9.17, 15) is 4.79 Å². The molecule has 1 aliphatic heterocycles. The molecule has 1 unspecified atom stereocenters. The molecule has 1 aromatic carbocycles. The lowest BCUT2D eigenvalue weighted by molar-refractivity contribution is 0.0943. The summed E-state index contributed by atoms with van der Waals surface area (Å²) in [7, 11) is 1.68. The Labute approximate surface area is 101 Å². The highest BCUT2D eigenvalue weighted by Crippen LogP contribution is 2.46. The zero-order chi connectivity index (χ0) is 12.2. The molecule has 0 amide bonds. The second-order valence-corrected chi connectivity index (χ2v) is 4.89. The number of rotatable bonds is 1. The fraction of sp³-hybridized carbons (Fsp3) is 0.500. The van der Waals surface area contributed by atoms with E-state index in [0.29, 0.717) is 6.61 Å². The van der Waals surface area contributed by atoms with Gasteiger partial charge in [0.05, 0.1) is 19.3 Å². The Kier molecular flexibility index (Phi) is 2.18. The van der Waals surface area contributed by atoms with Gasteiger partial charge in [-0.2, -0.15) is 0 Å². The lowest BCUT2D eigenvalue weighted by Gasteiger charge is -2.14. The summed E-state index contributed by atoms with van der Waals surface area (Å²) in [6.45, 7) is 4.70. The number of carbonyl (C=O) groups is 1. The van der Waals surface area contributed by atoms with Gasteiger partial charge in [-0.05, 0) is 18.9 Å². The van der Waals surface area contributed by atoms with Crippen molar-refractivity contribution in [3.63, 3.8) is 0 Å². The van der Waals surface area contributed by atoms with Gasteiger partial charge in [0, 0.05) is 23.5 Å². The van der Waals surface area contributed by atoms with Gasteiger partial charge >= 0.3 is 0 Å². The topological polar surface area (TPSA) is 35.5 Å². The number of benzene rings is 1. The van der Waals surface area contributed by atoms with E-state index >= 15 is 0 Å². The van der Waals surface area contributed by atoms with E-state index in [0.717, 1.165) is 46.6 Å². The zero-order valence-electron chi connectivity index (χ0n) is 10.4. The van der Waals surface area contributed by atoms with Gasteiger partial charge in [0.15, 0.2) is 5.78 Å². The van der Waals surface area contributed by atoms with Crippen LogP contribution in [0.5, 0.6) is 11.5 Å². The zero-order valence-corrected chi connectivity index (χ0v) is 10.4. The fourth-order valence-corrected chi connectivity index (χ4v) is 3.03. The predicted molar refractivity (Wildman–Crippen MR) is 64.1 cm³/mol. The molecule has 3 heteroatoms. The van der Waals surface area contributed by atoms with Gasteiger partial charge in [0.25, 0.3) is 0 Å². The third-order valence-corrected chi connectivity index (χ3v) is 3.88. The Morgan fingerprint density at radius 3 is 2.82 bits per heavy atom. The number of Topliss-reactive ketones (excluding diaryl/α,β-unsaturated/α-hetero) is 1. The molecule has 90 valence electrons. The molecule has 2 aliphatic rings. The van der Waals surface area contributed by atoms with E-state index < -0.39 is 0 Å². The molecule has 0 saturated heterocycles. The Bertz CT molecular complexity index is 517. The van der Waals surface area contributed by atoms with Crippen molar-refractivity contribution in [2.45, 2.75) is 26.7 Å². The summed E-state index contributed by atoms with van der Waals surface area (Å²) in [6, 6.07) is 0. The van der Waals surface area contributed by atoms with Gasteiger partial charge in [-0.15, -0.1) is 0 Å². The van der Waals surface area contributed by atoms with Crippen molar-refractivity contribution < 1.29 is 14.3 Å². The first kappa shape index (κ1) is 10.6. The minimum absolute atomic E-state index is 0.0500. The Morgan fingerprint density at radius 1 is 1.35 bits per heavy atom. The van der Waals surface area contributed by atoms with Gasteiger partial charge in [-0.1, -0.05) is 6.92 Å². The van der Waals surface area contributed by atoms with Crippen LogP contribution >= 0.6 is 0 Å². The number of ketones is 1.